The van der Waals surface area contributed by atoms with Crippen molar-refractivity contribution >= 4 is 23.4 Å². The Morgan fingerprint density at radius 1 is 0.931 bits per heavy atom. The average Bonchev–Trinajstić information content (AvgIpc) is 2.74. The molecule has 0 aliphatic carbocycles. The lowest BCUT2D eigenvalue weighted by atomic mass is 9.90. The molecule has 3 fully saturated rings. The lowest BCUT2D eigenvalue weighted by Gasteiger charge is -2.37. The number of likely N-dealkylation sites (tertiary alicyclic amines) is 1. The van der Waals surface area contributed by atoms with E-state index < -0.39 is 0 Å². The van der Waals surface area contributed by atoms with E-state index in [-0.39, 0.29) is 23.7 Å². The Labute approximate surface area is 172 Å². The normalized spacial score (nSPS) is 24.5. The second-order valence-corrected chi connectivity index (χ2v) is 8.86. The van der Waals surface area contributed by atoms with Gasteiger partial charge in [0.25, 0.3) is 0 Å². The summed E-state index contributed by atoms with van der Waals surface area (Å²) in [6.07, 6.45) is 5.04. The molecule has 3 aliphatic rings. The van der Waals surface area contributed by atoms with Crippen molar-refractivity contribution in [1.82, 2.24) is 10.2 Å². The monoisotopic (exact) mass is 397 g/mol. The van der Waals surface area contributed by atoms with E-state index >= 15 is 0 Å². The Morgan fingerprint density at radius 3 is 2.21 bits per heavy atom. The van der Waals surface area contributed by atoms with Crippen LogP contribution in [0.3, 0.4) is 0 Å². The van der Waals surface area contributed by atoms with Crippen LogP contribution in [-0.2, 0) is 14.4 Å². The topological polar surface area (TPSA) is 69.7 Å². The highest BCUT2D eigenvalue weighted by atomic mass is 16.2. The summed E-state index contributed by atoms with van der Waals surface area (Å²) in [6, 6.07) is 8.13. The predicted molar refractivity (Wildman–Crippen MR) is 111 cm³/mol. The standard InChI is InChI=1S/C23H31N3O3/c1-16-8-12-26(13-9-16)23(29)18-10-14-25(15-11-18)19-4-2-17(3-5-19)20-6-7-21(27)24-22(20)28/h2-5,16,18,20H,6-15H2,1H3,(H,24,27,28). The van der Waals surface area contributed by atoms with Gasteiger partial charge in [0.2, 0.25) is 17.7 Å². The Morgan fingerprint density at radius 2 is 1.59 bits per heavy atom. The quantitative estimate of drug-likeness (QED) is 0.796. The third kappa shape index (κ3) is 4.46. The summed E-state index contributed by atoms with van der Waals surface area (Å²) in [4.78, 5) is 40.6. The fourth-order valence-corrected chi connectivity index (χ4v) is 4.80. The van der Waals surface area contributed by atoms with Crippen molar-refractivity contribution in [1.29, 1.82) is 0 Å². The third-order valence-electron chi connectivity index (χ3n) is 6.84. The second kappa shape index (κ2) is 8.56. The largest absolute Gasteiger partial charge is 0.371 e. The highest BCUT2D eigenvalue weighted by Gasteiger charge is 2.31. The fraction of sp³-hybridized carbons (Fsp3) is 0.609. The summed E-state index contributed by atoms with van der Waals surface area (Å²) in [5.41, 5.74) is 2.10. The SMILES string of the molecule is CC1CCN(C(=O)C2CCN(c3ccc(C4CCC(=O)NC4=O)cc3)CC2)CC1. The van der Waals surface area contributed by atoms with Crippen molar-refractivity contribution in [2.75, 3.05) is 31.1 Å². The molecule has 1 N–H and O–H groups in total. The molecule has 0 spiro atoms. The Kier molecular flexibility index (Phi) is 5.88. The first-order valence-corrected chi connectivity index (χ1v) is 11.0. The predicted octanol–water partition coefficient (Wildman–Crippen LogP) is 2.68. The molecule has 6 nitrogen and oxygen atoms in total. The van der Waals surface area contributed by atoms with Crippen molar-refractivity contribution in [3.05, 3.63) is 29.8 Å². The van der Waals surface area contributed by atoms with Crippen molar-refractivity contribution in [3.8, 4) is 0 Å². The van der Waals surface area contributed by atoms with Gasteiger partial charge in [0.1, 0.15) is 0 Å². The maximum Gasteiger partial charge on any atom is 0.234 e. The first kappa shape index (κ1) is 19.9. The van der Waals surface area contributed by atoms with Crippen molar-refractivity contribution in [2.24, 2.45) is 11.8 Å². The summed E-state index contributed by atoms with van der Waals surface area (Å²) in [5, 5.41) is 2.43. The highest BCUT2D eigenvalue weighted by Crippen LogP contribution is 2.29. The van der Waals surface area contributed by atoms with Gasteiger partial charge in [0.15, 0.2) is 0 Å². The van der Waals surface area contributed by atoms with Gasteiger partial charge in [-0.25, -0.2) is 0 Å². The summed E-state index contributed by atoms with van der Waals surface area (Å²) in [6.45, 7) is 5.88. The fourth-order valence-electron chi connectivity index (χ4n) is 4.80. The van der Waals surface area contributed by atoms with E-state index in [2.05, 4.69) is 34.2 Å². The number of piperidine rings is 3. The number of hydrogen-bond acceptors (Lipinski definition) is 4. The molecule has 0 bridgehead atoms. The van der Waals surface area contributed by atoms with Crippen molar-refractivity contribution in [3.63, 3.8) is 0 Å². The molecular formula is C23H31N3O3. The average molecular weight is 398 g/mol. The third-order valence-corrected chi connectivity index (χ3v) is 6.84. The van der Waals surface area contributed by atoms with Crippen LogP contribution in [0.5, 0.6) is 0 Å². The van der Waals surface area contributed by atoms with Crippen LogP contribution in [0.15, 0.2) is 24.3 Å². The van der Waals surface area contributed by atoms with Gasteiger partial charge in [-0.3, -0.25) is 19.7 Å². The molecule has 1 unspecified atom stereocenters. The summed E-state index contributed by atoms with van der Waals surface area (Å²) < 4.78 is 0. The van der Waals surface area contributed by atoms with Crippen molar-refractivity contribution < 1.29 is 14.4 Å². The summed E-state index contributed by atoms with van der Waals surface area (Å²) >= 11 is 0. The zero-order chi connectivity index (χ0) is 20.4. The number of benzene rings is 1. The van der Waals surface area contributed by atoms with E-state index in [0.29, 0.717) is 18.7 Å². The molecule has 6 heteroatoms. The molecule has 3 amide bonds. The van der Waals surface area contributed by atoms with Gasteiger partial charge in [-0.2, -0.15) is 0 Å². The van der Waals surface area contributed by atoms with Gasteiger partial charge >= 0.3 is 0 Å². The van der Waals surface area contributed by atoms with Gasteiger partial charge in [-0.1, -0.05) is 19.1 Å². The number of nitrogens with zero attached hydrogens (tertiary/aromatic N) is 2. The minimum Gasteiger partial charge on any atom is -0.371 e. The first-order chi connectivity index (χ1) is 14.0. The number of rotatable bonds is 3. The minimum absolute atomic E-state index is 0.155. The molecule has 0 radical (unpaired) electrons. The Balaban J connectivity index is 1.31. The second-order valence-electron chi connectivity index (χ2n) is 8.86. The number of nitrogens with one attached hydrogen (secondary N) is 1. The molecule has 1 aromatic carbocycles. The van der Waals surface area contributed by atoms with E-state index in [9.17, 15) is 14.4 Å². The lowest BCUT2D eigenvalue weighted by Crippen LogP contribution is -2.45. The molecule has 29 heavy (non-hydrogen) atoms. The van der Waals surface area contributed by atoms with Crippen molar-refractivity contribution in [2.45, 2.75) is 51.4 Å². The van der Waals surface area contributed by atoms with Crippen LogP contribution in [0, 0.1) is 11.8 Å². The Bertz CT molecular complexity index is 760. The van der Waals surface area contributed by atoms with E-state index in [1.165, 1.54) is 0 Å². The zero-order valence-corrected chi connectivity index (χ0v) is 17.2. The first-order valence-electron chi connectivity index (χ1n) is 11.0. The van der Waals surface area contributed by atoms with Crippen LogP contribution in [0.25, 0.3) is 0 Å². The van der Waals surface area contributed by atoms with Gasteiger partial charge in [-0.15, -0.1) is 0 Å². The maximum atomic E-state index is 12.8. The molecule has 3 heterocycles. The van der Waals surface area contributed by atoms with Crippen LogP contribution in [0.4, 0.5) is 5.69 Å². The molecule has 1 atom stereocenters. The van der Waals surface area contributed by atoms with Crippen LogP contribution in [-0.4, -0.2) is 48.8 Å². The Hall–Kier alpha value is -2.37. The van der Waals surface area contributed by atoms with Crippen LogP contribution in [0.2, 0.25) is 0 Å². The maximum absolute atomic E-state index is 12.8. The molecule has 0 saturated carbocycles. The van der Waals surface area contributed by atoms with Gasteiger partial charge in [0.05, 0.1) is 5.92 Å². The number of imide groups is 1. The molecule has 0 aromatic heterocycles. The van der Waals surface area contributed by atoms with E-state index in [0.717, 1.165) is 69.0 Å². The van der Waals surface area contributed by atoms with Crippen LogP contribution >= 0.6 is 0 Å². The number of amides is 3. The van der Waals surface area contributed by atoms with E-state index in [4.69, 9.17) is 0 Å². The number of carbonyl (C=O) groups is 3. The number of hydrogen-bond donors (Lipinski definition) is 1. The van der Waals surface area contributed by atoms with Gasteiger partial charge < -0.3 is 9.80 Å². The summed E-state index contributed by atoms with van der Waals surface area (Å²) in [5.74, 6) is 0.633. The molecule has 156 valence electrons. The van der Waals surface area contributed by atoms with Crippen LogP contribution in [0.1, 0.15) is 56.9 Å². The zero-order valence-electron chi connectivity index (χ0n) is 17.2. The molecule has 3 aliphatic heterocycles. The summed E-state index contributed by atoms with van der Waals surface area (Å²) in [7, 11) is 0. The van der Waals surface area contributed by atoms with Gasteiger partial charge in [0, 0.05) is 44.2 Å². The van der Waals surface area contributed by atoms with Crippen LogP contribution < -0.4 is 10.2 Å². The van der Waals surface area contributed by atoms with E-state index in [1.807, 2.05) is 12.1 Å². The highest BCUT2D eigenvalue weighted by molar-refractivity contribution is 6.00. The molecule has 1 aromatic rings. The molecular weight excluding hydrogens is 366 g/mol. The van der Waals surface area contributed by atoms with E-state index in [1.54, 1.807) is 0 Å². The van der Waals surface area contributed by atoms with Gasteiger partial charge in [-0.05, 0) is 55.7 Å². The number of anilines is 1. The molecule has 4 rings (SSSR count). The lowest BCUT2D eigenvalue weighted by molar-refractivity contribution is -0.137. The molecule has 3 saturated heterocycles. The minimum atomic E-state index is -0.239. The smallest absolute Gasteiger partial charge is 0.234 e. The number of carbonyl (C=O) groups excluding carboxylic acids is 3.